The maximum absolute atomic E-state index is 13.1. The molecule has 0 unspecified atom stereocenters. The number of rotatable bonds is 10. The number of hydrogen-bond acceptors (Lipinski definition) is 6. The van der Waals surface area contributed by atoms with Gasteiger partial charge in [-0.15, -0.1) is 11.3 Å². The van der Waals surface area contributed by atoms with Gasteiger partial charge in [-0.2, -0.15) is 0 Å². The summed E-state index contributed by atoms with van der Waals surface area (Å²) in [5.74, 6) is 0.222. The van der Waals surface area contributed by atoms with Crippen LogP contribution in [0.3, 0.4) is 0 Å². The number of ether oxygens (including phenoxy) is 1. The first-order chi connectivity index (χ1) is 18.4. The van der Waals surface area contributed by atoms with E-state index in [9.17, 15) is 14.0 Å². The molecule has 1 saturated carbocycles. The molecule has 2 amide bonds. The lowest BCUT2D eigenvalue weighted by atomic mass is 10.0. The van der Waals surface area contributed by atoms with Gasteiger partial charge in [0.2, 0.25) is 11.8 Å². The fourth-order valence-electron chi connectivity index (χ4n) is 4.24. The van der Waals surface area contributed by atoms with Crippen LogP contribution in [-0.2, 0) is 16.1 Å². The van der Waals surface area contributed by atoms with Crippen molar-refractivity contribution in [3.05, 3.63) is 77.6 Å². The second-order valence-electron chi connectivity index (χ2n) is 9.32. The van der Waals surface area contributed by atoms with Gasteiger partial charge in [0.1, 0.15) is 22.7 Å². The van der Waals surface area contributed by atoms with Crippen LogP contribution < -0.4 is 15.4 Å². The van der Waals surface area contributed by atoms with Gasteiger partial charge in [-0.1, -0.05) is 13.8 Å². The summed E-state index contributed by atoms with van der Waals surface area (Å²) >= 11 is 1.68. The number of halogens is 1. The van der Waals surface area contributed by atoms with E-state index >= 15 is 0 Å². The van der Waals surface area contributed by atoms with Gasteiger partial charge in [-0.3, -0.25) is 19.5 Å². The van der Waals surface area contributed by atoms with E-state index in [1.165, 1.54) is 29.1 Å². The van der Waals surface area contributed by atoms with E-state index in [-0.39, 0.29) is 11.8 Å². The average molecular weight is 533 g/mol. The third-order valence-corrected chi connectivity index (χ3v) is 7.89. The highest BCUT2D eigenvalue weighted by molar-refractivity contribution is 7.19. The fourth-order valence-corrected chi connectivity index (χ4v) is 5.35. The molecule has 5 rings (SSSR count). The Balaban J connectivity index is 1.23. The molecule has 4 aromatic rings. The van der Waals surface area contributed by atoms with Gasteiger partial charge in [0, 0.05) is 35.1 Å². The normalized spacial score (nSPS) is 13.9. The summed E-state index contributed by atoms with van der Waals surface area (Å²) in [6.45, 7) is 7.17. The molecule has 2 aromatic carbocycles. The first kappa shape index (κ1) is 25.8. The second kappa shape index (κ2) is 10.9. The van der Waals surface area contributed by atoms with E-state index in [4.69, 9.17) is 4.74 Å². The number of thiophene rings is 1. The minimum absolute atomic E-state index is 0.360. The minimum Gasteiger partial charge on any atom is -0.456 e. The Morgan fingerprint density at radius 2 is 1.58 bits per heavy atom. The topological polar surface area (TPSA) is 83.6 Å². The molecule has 1 aliphatic rings. The summed E-state index contributed by atoms with van der Waals surface area (Å²) in [5, 5.41) is 5.56. The summed E-state index contributed by atoms with van der Waals surface area (Å²) in [7, 11) is 0. The van der Waals surface area contributed by atoms with Crippen LogP contribution in [0.15, 0.2) is 66.9 Å². The van der Waals surface area contributed by atoms with Crippen LogP contribution in [0.2, 0.25) is 0 Å². The molecule has 7 nitrogen and oxygen atoms in total. The zero-order valence-electron chi connectivity index (χ0n) is 21.3. The van der Waals surface area contributed by atoms with Gasteiger partial charge in [-0.05, 0) is 80.5 Å². The molecule has 9 heteroatoms. The Hall–Kier alpha value is -3.82. The molecule has 2 aromatic heterocycles. The first-order valence-corrected chi connectivity index (χ1v) is 13.5. The number of fused-ring (bicyclic) bond motifs is 1. The zero-order chi connectivity index (χ0) is 26.7. The molecule has 0 aliphatic heterocycles. The van der Waals surface area contributed by atoms with Crippen molar-refractivity contribution in [1.82, 2.24) is 9.88 Å². The predicted octanol–water partition coefficient (Wildman–Crippen LogP) is 6.43. The number of hydrogen-bond donors (Lipinski definition) is 2. The fraction of sp³-hybridized carbons (Fsp3) is 0.276. The van der Waals surface area contributed by atoms with Crippen LogP contribution in [0.25, 0.3) is 10.2 Å². The smallest absolute Gasteiger partial charge is 0.240 e. The number of amides is 2. The van der Waals surface area contributed by atoms with Gasteiger partial charge in [-0.25, -0.2) is 4.39 Å². The van der Waals surface area contributed by atoms with Crippen molar-refractivity contribution in [2.75, 3.05) is 23.7 Å². The Labute approximate surface area is 224 Å². The summed E-state index contributed by atoms with van der Waals surface area (Å²) in [5.41, 5.74) is 0.815. The number of benzene rings is 2. The summed E-state index contributed by atoms with van der Waals surface area (Å²) < 4.78 is 20.3. The van der Waals surface area contributed by atoms with E-state index in [0.717, 1.165) is 35.6 Å². The molecule has 196 valence electrons. The van der Waals surface area contributed by atoms with Gasteiger partial charge in [0.25, 0.3) is 0 Å². The first-order valence-electron chi connectivity index (χ1n) is 12.7. The summed E-state index contributed by atoms with van der Waals surface area (Å²) in [6, 6.07) is 16.5. The molecular weight excluding hydrogens is 503 g/mol. The average Bonchev–Trinajstić information content (AvgIpc) is 3.64. The van der Waals surface area contributed by atoms with Crippen molar-refractivity contribution in [2.45, 2.75) is 33.2 Å². The van der Waals surface area contributed by atoms with Gasteiger partial charge in [0.15, 0.2) is 0 Å². The van der Waals surface area contributed by atoms with Crippen molar-refractivity contribution in [3.63, 3.8) is 0 Å². The molecule has 0 bridgehead atoms. The van der Waals surface area contributed by atoms with E-state index in [0.29, 0.717) is 30.0 Å². The second-order valence-corrected chi connectivity index (χ2v) is 10.5. The van der Waals surface area contributed by atoms with E-state index < -0.39 is 11.2 Å². The van der Waals surface area contributed by atoms with Crippen LogP contribution in [0.1, 0.15) is 31.6 Å². The molecule has 0 saturated heterocycles. The SMILES string of the molecule is CCN(CC)Cc1cc2nccc(Oc3ccc(NC(=O)C4(C(=O)Nc5ccc(F)cc5)CC4)cc3)c2s1. The molecule has 38 heavy (non-hydrogen) atoms. The number of pyridine rings is 1. The largest absolute Gasteiger partial charge is 0.456 e. The standard InChI is InChI=1S/C29H29FN4O3S/c1-3-34(4-2)18-23-17-24-26(38-23)25(13-16-31-24)37-22-11-9-21(10-12-22)33-28(36)29(14-15-29)27(35)32-20-7-5-19(30)6-8-20/h5-13,16-17H,3-4,14-15,18H2,1-2H3,(H,32,35)(H,33,36). The van der Waals surface area contributed by atoms with Crippen LogP contribution in [0.4, 0.5) is 15.8 Å². The lowest BCUT2D eigenvalue weighted by Gasteiger charge is -2.16. The van der Waals surface area contributed by atoms with Crippen molar-refractivity contribution in [2.24, 2.45) is 5.41 Å². The number of anilines is 2. The number of carbonyl (C=O) groups is 2. The Kier molecular flexibility index (Phi) is 7.40. The summed E-state index contributed by atoms with van der Waals surface area (Å²) in [4.78, 5) is 33.8. The van der Waals surface area contributed by atoms with Crippen molar-refractivity contribution >= 4 is 44.7 Å². The molecule has 1 aliphatic carbocycles. The number of nitrogens with zero attached hydrogens (tertiary/aromatic N) is 2. The Morgan fingerprint density at radius 3 is 2.16 bits per heavy atom. The zero-order valence-corrected chi connectivity index (χ0v) is 22.1. The van der Waals surface area contributed by atoms with Gasteiger partial charge in [0.05, 0.1) is 10.2 Å². The lowest BCUT2D eigenvalue weighted by molar-refractivity contribution is -0.131. The van der Waals surface area contributed by atoms with Crippen molar-refractivity contribution in [1.29, 1.82) is 0 Å². The molecule has 0 spiro atoms. The number of aromatic nitrogens is 1. The highest BCUT2D eigenvalue weighted by Crippen LogP contribution is 2.47. The Bertz CT molecular complexity index is 1450. The van der Waals surface area contributed by atoms with Crippen LogP contribution >= 0.6 is 11.3 Å². The lowest BCUT2D eigenvalue weighted by Crippen LogP contribution is -2.35. The van der Waals surface area contributed by atoms with Crippen LogP contribution in [0, 0.1) is 11.2 Å². The van der Waals surface area contributed by atoms with Crippen LogP contribution in [-0.4, -0.2) is 34.8 Å². The third-order valence-electron chi connectivity index (χ3n) is 6.76. The monoisotopic (exact) mass is 532 g/mol. The van der Waals surface area contributed by atoms with E-state index in [1.54, 1.807) is 41.8 Å². The summed E-state index contributed by atoms with van der Waals surface area (Å²) in [6.07, 6.45) is 2.66. The van der Waals surface area contributed by atoms with Crippen molar-refractivity contribution in [3.8, 4) is 11.5 Å². The number of carbonyl (C=O) groups excluding carboxylic acids is 2. The molecule has 0 atom stereocenters. The molecule has 0 radical (unpaired) electrons. The minimum atomic E-state index is -1.12. The quantitative estimate of drug-likeness (QED) is 0.230. The van der Waals surface area contributed by atoms with E-state index in [2.05, 4.69) is 40.4 Å². The Morgan fingerprint density at radius 1 is 0.974 bits per heavy atom. The van der Waals surface area contributed by atoms with Gasteiger partial charge >= 0.3 is 0 Å². The van der Waals surface area contributed by atoms with Gasteiger partial charge < -0.3 is 15.4 Å². The maximum Gasteiger partial charge on any atom is 0.240 e. The highest BCUT2D eigenvalue weighted by Gasteiger charge is 2.56. The highest BCUT2D eigenvalue weighted by atomic mass is 32.1. The predicted molar refractivity (Wildman–Crippen MR) is 148 cm³/mol. The van der Waals surface area contributed by atoms with Crippen molar-refractivity contribution < 1.29 is 18.7 Å². The third kappa shape index (κ3) is 5.54. The molecule has 2 heterocycles. The molecular formula is C29H29FN4O3S. The molecule has 1 fully saturated rings. The number of nitrogens with one attached hydrogen (secondary N) is 2. The maximum atomic E-state index is 13.1. The molecule has 2 N–H and O–H groups in total. The van der Waals surface area contributed by atoms with E-state index in [1.807, 2.05) is 6.07 Å². The van der Waals surface area contributed by atoms with Crippen LogP contribution in [0.5, 0.6) is 11.5 Å².